The fraction of sp³-hybridized carbons (Fsp3) is 0.438. The van der Waals surface area contributed by atoms with Crippen molar-refractivity contribution < 1.29 is 14.3 Å². The highest BCUT2D eigenvalue weighted by molar-refractivity contribution is 7.98. The summed E-state index contributed by atoms with van der Waals surface area (Å²) in [5.74, 6) is 5.11. The third-order valence-electron chi connectivity index (χ3n) is 3.24. The number of amides is 1. The van der Waals surface area contributed by atoms with Crippen LogP contribution >= 0.6 is 11.8 Å². The number of nitrogens with zero attached hydrogens (tertiary/aromatic N) is 1. The first-order chi connectivity index (χ1) is 10.0. The van der Waals surface area contributed by atoms with Gasteiger partial charge in [0.1, 0.15) is 12.4 Å². The van der Waals surface area contributed by atoms with E-state index in [-0.39, 0.29) is 24.1 Å². The molecule has 1 amide bonds. The summed E-state index contributed by atoms with van der Waals surface area (Å²) in [4.78, 5) is 13.9. The van der Waals surface area contributed by atoms with Gasteiger partial charge in [0.15, 0.2) is 0 Å². The lowest BCUT2D eigenvalue weighted by Crippen LogP contribution is -2.35. The fourth-order valence-electron chi connectivity index (χ4n) is 1.77. The third-order valence-corrected chi connectivity index (χ3v) is 3.88. The Kier molecular flexibility index (Phi) is 7.27. The lowest BCUT2D eigenvalue weighted by Gasteiger charge is -2.25. The molecule has 0 saturated carbocycles. The Morgan fingerprint density at radius 2 is 2.24 bits per heavy atom. The molecule has 0 aliphatic rings. The van der Waals surface area contributed by atoms with E-state index in [2.05, 4.69) is 11.8 Å². The third kappa shape index (κ3) is 5.07. The second-order valence-corrected chi connectivity index (χ2v) is 5.69. The standard InChI is InChI=1S/C16H20FNO2S/c1-12(8-10-21-3)18(2)16(20)14-7-6-13(5-4-9-19)15(17)11-14/h6-7,11-12,19H,8-10H2,1-3H3. The van der Waals surface area contributed by atoms with Crippen LogP contribution in [-0.2, 0) is 0 Å². The summed E-state index contributed by atoms with van der Waals surface area (Å²) in [7, 11) is 1.73. The number of carbonyl (C=O) groups excluding carboxylic acids is 1. The minimum atomic E-state index is -0.549. The van der Waals surface area contributed by atoms with Crippen molar-refractivity contribution in [3.63, 3.8) is 0 Å². The second-order valence-electron chi connectivity index (χ2n) is 4.70. The molecule has 0 radical (unpaired) electrons. The topological polar surface area (TPSA) is 40.5 Å². The van der Waals surface area contributed by atoms with Gasteiger partial charge in [-0.2, -0.15) is 11.8 Å². The van der Waals surface area contributed by atoms with Crippen molar-refractivity contribution in [1.82, 2.24) is 4.90 Å². The summed E-state index contributed by atoms with van der Waals surface area (Å²) >= 11 is 1.73. The molecule has 21 heavy (non-hydrogen) atoms. The monoisotopic (exact) mass is 309 g/mol. The Balaban J connectivity index is 2.85. The van der Waals surface area contributed by atoms with Gasteiger partial charge in [-0.15, -0.1) is 0 Å². The van der Waals surface area contributed by atoms with Gasteiger partial charge in [0.05, 0.1) is 5.56 Å². The van der Waals surface area contributed by atoms with E-state index in [0.717, 1.165) is 12.2 Å². The Morgan fingerprint density at radius 3 is 2.81 bits per heavy atom. The van der Waals surface area contributed by atoms with Crippen LogP contribution < -0.4 is 0 Å². The smallest absolute Gasteiger partial charge is 0.253 e. The van der Waals surface area contributed by atoms with Crippen LogP contribution in [0.1, 0.15) is 29.3 Å². The van der Waals surface area contributed by atoms with Crippen molar-refractivity contribution in [2.24, 2.45) is 0 Å². The van der Waals surface area contributed by atoms with Crippen LogP contribution in [0.2, 0.25) is 0 Å². The van der Waals surface area contributed by atoms with E-state index in [4.69, 9.17) is 5.11 Å². The lowest BCUT2D eigenvalue weighted by atomic mass is 10.1. The van der Waals surface area contributed by atoms with Crippen LogP contribution in [0.5, 0.6) is 0 Å². The zero-order chi connectivity index (χ0) is 15.8. The van der Waals surface area contributed by atoms with Crippen molar-refractivity contribution >= 4 is 17.7 Å². The minimum absolute atomic E-state index is 0.0990. The van der Waals surface area contributed by atoms with Crippen LogP contribution in [0.4, 0.5) is 4.39 Å². The number of halogens is 1. The number of carbonyl (C=O) groups is 1. The first-order valence-corrected chi connectivity index (χ1v) is 8.06. The van der Waals surface area contributed by atoms with Gasteiger partial charge in [-0.25, -0.2) is 4.39 Å². The Morgan fingerprint density at radius 1 is 1.52 bits per heavy atom. The average molecular weight is 309 g/mol. The summed E-state index contributed by atoms with van der Waals surface area (Å²) in [6.45, 7) is 1.65. The zero-order valence-electron chi connectivity index (χ0n) is 12.5. The number of aliphatic hydroxyl groups is 1. The zero-order valence-corrected chi connectivity index (χ0v) is 13.3. The highest BCUT2D eigenvalue weighted by atomic mass is 32.2. The first-order valence-electron chi connectivity index (χ1n) is 6.66. The summed E-state index contributed by atoms with van der Waals surface area (Å²) in [6.07, 6.45) is 2.92. The molecule has 1 rings (SSSR count). The predicted octanol–water partition coefficient (Wildman–Crippen LogP) is 2.38. The number of thioether (sulfide) groups is 1. The number of benzene rings is 1. The highest BCUT2D eigenvalue weighted by Crippen LogP contribution is 2.14. The van der Waals surface area contributed by atoms with E-state index in [1.54, 1.807) is 29.8 Å². The second kappa shape index (κ2) is 8.71. The molecule has 0 aromatic heterocycles. The molecule has 0 aliphatic carbocycles. The molecule has 1 aromatic rings. The van der Waals surface area contributed by atoms with Gasteiger partial charge in [-0.05, 0) is 43.6 Å². The van der Waals surface area contributed by atoms with Crippen LogP contribution in [0.15, 0.2) is 18.2 Å². The molecule has 1 atom stereocenters. The molecular weight excluding hydrogens is 289 g/mol. The van der Waals surface area contributed by atoms with E-state index in [9.17, 15) is 9.18 Å². The van der Waals surface area contributed by atoms with Gasteiger partial charge in [-0.3, -0.25) is 4.79 Å². The van der Waals surface area contributed by atoms with Crippen molar-refractivity contribution in [2.75, 3.05) is 25.7 Å². The van der Waals surface area contributed by atoms with E-state index >= 15 is 0 Å². The number of hydrogen-bond acceptors (Lipinski definition) is 3. The van der Waals surface area contributed by atoms with Crippen molar-refractivity contribution in [3.8, 4) is 11.8 Å². The fourth-order valence-corrected chi connectivity index (χ4v) is 2.35. The molecule has 0 bridgehead atoms. The first kappa shape index (κ1) is 17.5. The maximum absolute atomic E-state index is 13.8. The van der Waals surface area contributed by atoms with E-state index in [0.29, 0.717) is 5.56 Å². The van der Waals surface area contributed by atoms with Gasteiger partial charge in [0.2, 0.25) is 0 Å². The molecule has 1 N–H and O–H groups in total. The average Bonchev–Trinajstić information content (AvgIpc) is 2.49. The number of aliphatic hydroxyl groups excluding tert-OH is 1. The molecule has 0 heterocycles. The van der Waals surface area contributed by atoms with Gasteiger partial charge < -0.3 is 10.0 Å². The molecular formula is C16H20FNO2S. The largest absolute Gasteiger partial charge is 0.384 e. The van der Waals surface area contributed by atoms with Gasteiger partial charge in [0, 0.05) is 18.7 Å². The van der Waals surface area contributed by atoms with Gasteiger partial charge >= 0.3 is 0 Å². The highest BCUT2D eigenvalue weighted by Gasteiger charge is 2.18. The Bertz CT molecular complexity index is 551. The molecule has 3 nitrogen and oxygen atoms in total. The molecule has 114 valence electrons. The molecule has 1 aromatic carbocycles. The molecule has 0 saturated heterocycles. The molecule has 5 heteroatoms. The lowest BCUT2D eigenvalue weighted by molar-refractivity contribution is 0.0741. The number of rotatable bonds is 5. The Hall–Kier alpha value is -1.51. The Labute approximate surface area is 129 Å². The number of hydrogen-bond donors (Lipinski definition) is 1. The molecule has 1 unspecified atom stereocenters. The normalized spacial score (nSPS) is 11.5. The van der Waals surface area contributed by atoms with Crippen LogP contribution in [0, 0.1) is 17.7 Å². The van der Waals surface area contributed by atoms with Gasteiger partial charge in [0.25, 0.3) is 5.91 Å². The quantitative estimate of drug-likeness (QED) is 0.849. The van der Waals surface area contributed by atoms with E-state index in [1.165, 1.54) is 12.1 Å². The maximum Gasteiger partial charge on any atom is 0.253 e. The van der Waals surface area contributed by atoms with Crippen molar-refractivity contribution in [1.29, 1.82) is 0 Å². The summed E-state index contributed by atoms with van der Waals surface area (Å²) in [5, 5.41) is 8.61. The van der Waals surface area contributed by atoms with E-state index < -0.39 is 5.82 Å². The molecule has 0 spiro atoms. The van der Waals surface area contributed by atoms with Crippen molar-refractivity contribution in [2.45, 2.75) is 19.4 Å². The predicted molar refractivity (Wildman–Crippen MR) is 84.9 cm³/mol. The maximum atomic E-state index is 13.8. The van der Waals surface area contributed by atoms with Crippen LogP contribution in [0.3, 0.4) is 0 Å². The van der Waals surface area contributed by atoms with Crippen molar-refractivity contribution in [3.05, 3.63) is 35.1 Å². The SMILES string of the molecule is CSCCC(C)N(C)C(=O)c1ccc(C#CCO)c(F)c1. The summed E-state index contributed by atoms with van der Waals surface area (Å²) in [6, 6.07) is 4.32. The molecule has 0 aliphatic heterocycles. The van der Waals surface area contributed by atoms with Crippen LogP contribution in [0.25, 0.3) is 0 Å². The minimum Gasteiger partial charge on any atom is -0.384 e. The molecule has 0 fully saturated rings. The summed E-state index contributed by atoms with van der Waals surface area (Å²) < 4.78 is 13.8. The van der Waals surface area contributed by atoms with Gasteiger partial charge in [-0.1, -0.05) is 11.8 Å². The summed E-state index contributed by atoms with van der Waals surface area (Å²) in [5.41, 5.74) is 0.485. The van der Waals surface area contributed by atoms with E-state index in [1.807, 2.05) is 13.2 Å². The van der Waals surface area contributed by atoms with Crippen LogP contribution in [-0.4, -0.2) is 47.6 Å².